The highest BCUT2D eigenvalue weighted by molar-refractivity contribution is 6.02. The number of nitrogens with one attached hydrogen (secondary N) is 3. The van der Waals surface area contributed by atoms with Crippen molar-refractivity contribution in [2.45, 2.75) is 77.3 Å². The quantitative estimate of drug-likeness (QED) is 0.0972. The number of rotatable bonds is 18. The Morgan fingerprint density at radius 2 is 1.48 bits per heavy atom. The highest BCUT2D eigenvalue weighted by Crippen LogP contribution is 2.26. The summed E-state index contributed by atoms with van der Waals surface area (Å²) in [6, 6.07) is 12.7. The average Bonchev–Trinajstić information content (AvgIpc) is 3.46. The maximum Gasteiger partial charge on any atom is 0.355 e. The van der Waals surface area contributed by atoms with Gasteiger partial charge in [-0.15, -0.1) is 5.06 Å². The third kappa shape index (κ3) is 11.8. The molecule has 0 radical (unpaired) electrons. The highest BCUT2D eigenvalue weighted by atomic mass is 16.7. The molecule has 0 aliphatic carbocycles. The minimum Gasteiger partial charge on any atom is -0.352 e. The number of imide groups is 1. The molecule has 0 saturated carbocycles. The first-order valence-electron chi connectivity index (χ1n) is 17.5. The summed E-state index contributed by atoms with van der Waals surface area (Å²) in [5, 5.41) is 7.57. The van der Waals surface area contributed by atoms with Crippen LogP contribution in [0, 0.1) is 17.8 Å². The molecule has 2 aliphatic rings. The Bertz CT molecular complexity index is 1870. The van der Waals surface area contributed by atoms with Gasteiger partial charge in [0.15, 0.2) is 5.78 Å². The molecule has 16 nitrogen and oxygen atoms in total. The van der Waals surface area contributed by atoms with Crippen molar-refractivity contribution >= 4 is 58.8 Å². The number of nitrogens with two attached hydrogens (primary N) is 1. The molecular weight excluding hydrogens is 700 g/mol. The van der Waals surface area contributed by atoms with Gasteiger partial charge in [-0.05, 0) is 36.6 Å². The van der Waals surface area contributed by atoms with E-state index in [1.54, 1.807) is 4.90 Å². The van der Waals surface area contributed by atoms with Crippen molar-refractivity contribution in [2.24, 2.45) is 11.7 Å². The molecule has 0 unspecified atom stereocenters. The van der Waals surface area contributed by atoms with Gasteiger partial charge in [-0.25, -0.2) is 9.59 Å². The lowest BCUT2D eigenvalue weighted by Crippen LogP contribution is -2.47. The summed E-state index contributed by atoms with van der Waals surface area (Å²) in [4.78, 5) is 118. The molecule has 16 heteroatoms. The van der Waals surface area contributed by atoms with Gasteiger partial charge in [0.25, 0.3) is 11.8 Å². The van der Waals surface area contributed by atoms with E-state index >= 15 is 0 Å². The maximum atomic E-state index is 13.4. The van der Waals surface area contributed by atoms with Gasteiger partial charge in [0.2, 0.25) is 17.7 Å². The van der Waals surface area contributed by atoms with Gasteiger partial charge < -0.3 is 31.4 Å². The van der Waals surface area contributed by atoms with Crippen LogP contribution in [-0.2, 0) is 49.7 Å². The van der Waals surface area contributed by atoms with E-state index in [0.717, 1.165) is 11.1 Å². The molecule has 0 bridgehead atoms. The number of hydrogen-bond acceptors (Lipinski definition) is 10. The molecule has 54 heavy (non-hydrogen) atoms. The topological polar surface area (TPSA) is 231 Å². The van der Waals surface area contributed by atoms with Gasteiger partial charge in [0.1, 0.15) is 11.8 Å². The fourth-order valence-electron chi connectivity index (χ4n) is 5.65. The zero-order chi connectivity index (χ0) is 39.2. The number of hydrogen-bond donors (Lipinski definition) is 4. The van der Waals surface area contributed by atoms with Crippen molar-refractivity contribution in [3.8, 4) is 11.8 Å². The standard InChI is InChI=1S/C38H42N6O10/c1-24(36(51)42-30(10-6-20-40-38(39)53)37(52)54-44-34(49)18-19-35(44)50)21-29(46)22-41-32(47)16-14-28(45)15-17-33(48)43-23-27-9-3-2-7-25(27)12-13-26-8-4-5-11-31(26)43/h2-5,7-9,11,24,30H,6,10,14-23H2,1H3,(H,41,47)(H,42,51)(H3,39,40,53)/t24-,30+/m1/s1. The van der Waals surface area contributed by atoms with Crippen LogP contribution in [0.25, 0.3) is 0 Å². The zero-order valence-corrected chi connectivity index (χ0v) is 29.8. The summed E-state index contributed by atoms with van der Waals surface area (Å²) in [5.74, 6) is 0.495. The van der Waals surface area contributed by atoms with Gasteiger partial charge in [-0.3, -0.25) is 33.6 Å². The third-order valence-electron chi connectivity index (χ3n) is 8.64. The van der Waals surface area contributed by atoms with E-state index in [0.29, 0.717) is 16.3 Å². The number of ketones is 2. The van der Waals surface area contributed by atoms with Crippen molar-refractivity contribution in [3.63, 3.8) is 0 Å². The fourth-order valence-corrected chi connectivity index (χ4v) is 5.65. The third-order valence-corrected chi connectivity index (χ3v) is 8.64. The van der Waals surface area contributed by atoms with Crippen molar-refractivity contribution in [2.75, 3.05) is 18.0 Å². The molecule has 4 rings (SSSR count). The first-order valence-corrected chi connectivity index (χ1v) is 17.5. The number of primary amides is 1. The van der Waals surface area contributed by atoms with Crippen LogP contribution in [-0.4, -0.2) is 77.3 Å². The minimum atomic E-state index is -1.32. The number of para-hydroxylation sites is 1. The summed E-state index contributed by atoms with van der Waals surface area (Å²) >= 11 is 0. The molecule has 0 aromatic heterocycles. The second kappa shape index (κ2) is 19.5. The Hall–Kier alpha value is -6.37. The molecule has 2 atom stereocenters. The number of anilines is 1. The van der Waals surface area contributed by atoms with E-state index in [4.69, 9.17) is 10.6 Å². The number of amides is 7. The number of nitrogens with zero attached hydrogens (tertiary/aromatic N) is 2. The Morgan fingerprint density at radius 1 is 0.833 bits per heavy atom. The van der Waals surface area contributed by atoms with Gasteiger partial charge in [0.05, 0.1) is 18.8 Å². The minimum absolute atomic E-state index is 0.0549. The Balaban J connectivity index is 1.20. The monoisotopic (exact) mass is 742 g/mol. The molecule has 1 saturated heterocycles. The van der Waals surface area contributed by atoms with Crippen molar-refractivity contribution in [1.29, 1.82) is 0 Å². The number of carbonyl (C=O) groups excluding carboxylic acids is 9. The van der Waals surface area contributed by atoms with E-state index in [-0.39, 0.29) is 82.6 Å². The van der Waals surface area contributed by atoms with E-state index in [1.807, 2.05) is 48.5 Å². The summed E-state index contributed by atoms with van der Waals surface area (Å²) < 4.78 is 0. The van der Waals surface area contributed by atoms with Crippen molar-refractivity contribution < 1.29 is 48.0 Å². The van der Waals surface area contributed by atoms with Crippen LogP contribution < -0.4 is 26.6 Å². The van der Waals surface area contributed by atoms with E-state index in [9.17, 15) is 43.2 Å². The molecule has 1 fully saturated rings. The number of benzene rings is 2. The lowest BCUT2D eigenvalue weighted by Gasteiger charge is -2.26. The van der Waals surface area contributed by atoms with E-state index in [2.05, 4.69) is 27.8 Å². The number of fused-ring (bicyclic) bond motifs is 2. The molecular formula is C38H42N6O10. The summed E-state index contributed by atoms with van der Waals surface area (Å²) in [5.41, 5.74) is 8.08. The normalized spacial score (nSPS) is 14.2. The van der Waals surface area contributed by atoms with Crippen LogP contribution in [0.2, 0.25) is 0 Å². The maximum absolute atomic E-state index is 13.4. The van der Waals surface area contributed by atoms with Gasteiger partial charge >= 0.3 is 12.0 Å². The first kappa shape index (κ1) is 40.4. The molecule has 2 aliphatic heterocycles. The lowest BCUT2D eigenvalue weighted by molar-refractivity contribution is -0.199. The molecule has 284 valence electrons. The largest absolute Gasteiger partial charge is 0.355 e. The van der Waals surface area contributed by atoms with Gasteiger partial charge in [0, 0.05) is 68.5 Å². The van der Waals surface area contributed by atoms with Crippen LogP contribution in [0.3, 0.4) is 0 Å². The van der Waals surface area contributed by atoms with Crippen molar-refractivity contribution in [1.82, 2.24) is 21.0 Å². The number of hydroxylamine groups is 2. The summed E-state index contributed by atoms with van der Waals surface area (Å²) in [6.45, 7) is 1.37. The molecule has 0 spiro atoms. The summed E-state index contributed by atoms with van der Waals surface area (Å²) in [7, 11) is 0. The van der Waals surface area contributed by atoms with Crippen LogP contribution >= 0.6 is 0 Å². The van der Waals surface area contributed by atoms with Gasteiger partial charge in [-0.1, -0.05) is 49.1 Å². The summed E-state index contributed by atoms with van der Waals surface area (Å²) in [6.07, 6.45) is -0.941. The number of Topliss-reactive ketones (excluding diaryl/α,β-unsaturated/α-hetero) is 2. The lowest BCUT2D eigenvalue weighted by atomic mass is 10.0. The zero-order valence-electron chi connectivity index (χ0n) is 29.8. The first-order chi connectivity index (χ1) is 25.8. The predicted octanol–water partition coefficient (Wildman–Crippen LogP) is 1.31. The molecule has 2 aromatic carbocycles. The van der Waals surface area contributed by atoms with Crippen LogP contribution in [0.1, 0.15) is 81.4 Å². The molecule has 5 N–H and O–H groups in total. The Kier molecular flexibility index (Phi) is 14.6. The van der Waals surface area contributed by atoms with Crippen LogP contribution in [0.15, 0.2) is 48.5 Å². The second-order valence-electron chi connectivity index (χ2n) is 12.9. The van der Waals surface area contributed by atoms with Gasteiger partial charge in [-0.2, -0.15) is 0 Å². The number of carbonyl (C=O) groups is 9. The smallest absolute Gasteiger partial charge is 0.352 e. The SMILES string of the molecule is C[C@H](CC(=O)CNC(=O)CCC(=O)CCC(=O)N1Cc2ccccc2C#Cc2ccccc21)C(=O)N[C@@H](CCCNC(N)=O)C(=O)ON1C(=O)CCC1=O. The van der Waals surface area contributed by atoms with Crippen LogP contribution in [0.5, 0.6) is 0 Å². The number of urea groups is 1. The average molecular weight is 743 g/mol. The van der Waals surface area contributed by atoms with E-state index < -0.39 is 59.9 Å². The second-order valence-corrected chi connectivity index (χ2v) is 12.9. The fraction of sp³-hybridized carbons (Fsp3) is 0.395. The van der Waals surface area contributed by atoms with E-state index in [1.165, 1.54) is 6.92 Å². The molecule has 2 heterocycles. The molecule has 2 aromatic rings. The van der Waals surface area contributed by atoms with Crippen LogP contribution in [0.4, 0.5) is 10.5 Å². The Labute approximate surface area is 311 Å². The molecule has 7 amide bonds. The Morgan fingerprint density at radius 3 is 2.20 bits per heavy atom. The highest BCUT2D eigenvalue weighted by Gasteiger charge is 2.35. The van der Waals surface area contributed by atoms with Crippen molar-refractivity contribution in [3.05, 3.63) is 65.2 Å². The predicted molar refractivity (Wildman–Crippen MR) is 191 cm³/mol.